The van der Waals surface area contributed by atoms with Crippen molar-refractivity contribution in [1.29, 1.82) is 0 Å². The highest BCUT2D eigenvalue weighted by atomic mass is 32.2. The summed E-state index contributed by atoms with van der Waals surface area (Å²) in [5.41, 5.74) is 0.182. The van der Waals surface area contributed by atoms with E-state index >= 15 is 0 Å². The van der Waals surface area contributed by atoms with E-state index in [0.29, 0.717) is 11.6 Å². The van der Waals surface area contributed by atoms with Crippen LogP contribution in [0.4, 0.5) is 0 Å². The monoisotopic (exact) mass is 315 g/mol. The molecule has 1 aromatic rings. The molecule has 0 aromatic heterocycles. The Morgan fingerprint density at radius 1 is 1.40 bits per heavy atom. The fraction of sp³-hybridized carbons (Fsp3) is 0.333. The van der Waals surface area contributed by atoms with Crippen LogP contribution in [0.2, 0.25) is 0 Å². The van der Waals surface area contributed by atoms with E-state index in [4.69, 9.17) is 5.11 Å². The molecule has 0 radical (unpaired) electrons. The van der Waals surface area contributed by atoms with E-state index in [1.54, 1.807) is 0 Å². The molecule has 2 rings (SSSR count). The second-order valence-electron chi connectivity index (χ2n) is 4.43. The van der Waals surface area contributed by atoms with Gasteiger partial charge in [0.05, 0.1) is 10.8 Å². The molecule has 1 heterocycles. The number of benzene rings is 1. The predicted octanol–water partition coefficient (Wildman–Crippen LogP) is 0.690. The van der Waals surface area contributed by atoms with Gasteiger partial charge in [-0.1, -0.05) is 6.07 Å². The standard InChI is InChI=1S/C12H13NO5S2/c1-20(17,18)9-4-2-3-8(5-9)11(14)13-7-19-6-10(13)12(15)16/h2-5,10H,6-7H2,1H3,(H,15,16). The van der Waals surface area contributed by atoms with Crippen LogP contribution in [0.15, 0.2) is 29.2 Å². The van der Waals surface area contributed by atoms with Gasteiger partial charge in [-0.2, -0.15) is 0 Å². The van der Waals surface area contributed by atoms with Crippen molar-refractivity contribution in [1.82, 2.24) is 4.90 Å². The molecule has 1 unspecified atom stereocenters. The zero-order chi connectivity index (χ0) is 14.9. The first-order valence-corrected chi connectivity index (χ1v) is 8.77. The van der Waals surface area contributed by atoms with E-state index in [-0.39, 0.29) is 10.5 Å². The minimum atomic E-state index is -3.40. The maximum Gasteiger partial charge on any atom is 0.327 e. The van der Waals surface area contributed by atoms with E-state index in [0.717, 1.165) is 6.26 Å². The van der Waals surface area contributed by atoms with Crippen LogP contribution in [0, 0.1) is 0 Å². The minimum Gasteiger partial charge on any atom is -0.480 e. The molecule has 8 heteroatoms. The Hall–Kier alpha value is -1.54. The molecule has 1 aromatic carbocycles. The van der Waals surface area contributed by atoms with E-state index in [9.17, 15) is 18.0 Å². The van der Waals surface area contributed by atoms with Gasteiger partial charge in [0, 0.05) is 17.6 Å². The fourth-order valence-corrected chi connectivity index (χ4v) is 3.68. The number of hydrogen-bond donors (Lipinski definition) is 1. The largest absolute Gasteiger partial charge is 0.480 e. The second-order valence-corrected chi connectivity index (χ2v) is 7.44. The lowest BCUT2D eigenvalue weighted by Crippen LogP contribution is -2.41. The van der Waals surface area contributed by atoms with Gasteiger partial charge in [0.2, 0.25) is 0 Å². The number of carboxylic acids is 1. The van der Waals surface area contributed by atoms with Gasteiger partial charge in [-0.15, -0.1) is 11.8 Å². The topological polar surface area (TPSA) is 91.8 Å². The Labute approximate surface area is 120 Å². The number of hydrogen-bond acceptors (Lipinski definition) is 5. The Kier molecular flexibility index (Phi) is 4.05. The number of rotatable bonds is 3. The summed E-state index contributed by atoms with van der Waals surface area (Å²) in [7, 11) is -3.40. The van der Waals surface area contributed by atoms with Crippen LogP contribution < -0.4 is 0 Å². The summed E-state index contributed by atoms with van der Waals surface area (Å²) < 4.78 is 23.0. The Balaban J connectivity index is 2.32. The summed E-state index contributed by atoms with van der Waals surface area (Å²) >= 11 is 1.36. The third kappa shape index (κ3) is 2.96. The van der Waals surface area contributed by atoms with Crippen molar-refractivity contribution in [2.24, 2.45) is 0 Å². The fourth-order valence-electron chi connectivity index (χ4n) is 1.87. The molecule has 1 atom stereocenters. The van der Waals surface area contributed by atoms with Crippen LogP contribution in [0.25, 0.3) is 0 Å². The van der Waals surface area contributed by atoms with Crippen molar-refractivity contribution in [3.8, 4) is 0 Å². The molecule has 1 N–H and O–H groups in total. The van der Waals surface area contributed by atoms with Crippen LogP contribution >= 0.6 is 11.8 Å². The number of amides is 1. The molecule has 0 bridgehead atoms. The molecule has 1 amide bonds. The molecule has 1 aliphatic heterocycles. The van der Waals surface area contributed by atoms with Crippen molar-refractivity contribution in [3.63, 3.8) is 0 Å². The SMILES string of the molecule is CS(=O)(=O)c1cccc(C(=O)N2CSCC2C(=O)O)c1. The van der Waals surface area contributed by atoms with Gasteiger partial charge >= 0.3 is 5.97 Å². The molecule has 6 nitrogen and oxygen atoms in total. The molecule has 1 saturated heterocycles. The first-order valence-electron chi connectivity index (χ1n) is 5.72. The number of carbonyl (C=O) groups excluding carboxylic acids is 1. The molecule has 0 aliphatic carbocycles. The Bertz CT molecular complexity index is 656. The highest BCUT2D eigenvalue weighted by Gasteiger charge is 2.35. The van der Waals surface area contributed by atoms with Crippen molar-refractivity contribution >= 4 is 33.5 Å². The van der Waals surface area contributed by atoms with Gasteiger partial charge in [0.15, 0.2) is 9.84 Å². The summed E-state index contributed by atoms with van der Waals surface area (Å²) in [6.45, 7) is 0. The average molecular weight is 315 g/mol. The molecule has 1 aliphatic rings. The molecule has 0 saturated carbocycles. The van der Waals surface area contributed by atoms with Gasteiger partial charge in [0.1, 0.15) is 6.04 Å². The maximum absolute atomic E-state index is 12.3. The molecule has 20 heavy (non-hydrogen) atoms. The van der Waals surface area contributed by atoms with Crippen molar-refractivity contribution in [3.05, 3.63) is 29.8 Å². The minimum absolute atomic E-state index is 0.0436. The predicted molar refractivity (Wildman–Crippen MR) is 74.5 cm³/mol. The lowest BCUT2D eigenvalue weighted by atomic mass is 10.2. The maximum atomic E-state index is 12.3. The summed E-state index contributed by atoms with van der Waals surface area (Å²) in [5, 5.41) is 9.06. The van der Waals surface area contributed by atoms with Crippen LogP contribution in [-0.2, 0) is 14.6 Å². The van der Waals surface area contributed by atoms with Gasteiger partial charge in [0.25, 0.3) is 5.91 Å². The smallest absolute Gasteiger partial charge is 0.327 e. The third-order valence-corrected chi connectivity index (χ3v) is 5.06. The number of aliphatic carboxylic acids is 1. The number of carbonyl (C=O) groups is 2. The van der Waals surface area contributed by atoms with Gasteiger partial charge in [-0.05, 0) is 18.2 Å². The number of thioether (sulfide) groups is 1. The molecule has 0 spiro atoms. The van der Waals surface area contributed by atoms with Crippen LogP contribution in [0.1, 0.15) is 10.4 Å². The Morgan fingerprint density at radius 3 is 2.70 bits per heavy atom. The van der Waals surface area contributed by atoms with Crippen molar-refractivity contribution in [2.75, 3.05) is 17.9 Å². The highest BCUT2D eigenvalue weighted by molar-refractivity contribution is 7.99. The quantitative estimate of drug-likeness (QED) is 0.882. The normalized spacial score (nSPS) is 19.1. The van der Waals surface area contributed by atoms with Crippen LogP contribution in [0.3, 0.4) is 0 Å². The first-order chi connectivity index (χ1) is 9.30. The van der Waals surface area contributed by atoms with Crippen LogP contribution in [-0.4, -0.2) is 54.2 Å². The lowest BCUT2D eigenvalue weighted by Gasteiger charge is -2.20. The van der Waals surface area contributed by atoms with E-state index in [1.165, 1.54) is 40.9 Å². The molecular weight excluding hydrogens is 302 g/mol. The summed E-state index contributed by atoms with van der Waals surface area (Å²) in [4.78, 5) is 24.7. The van der Waals surface area contributed by atoms with E-state index in [2.05, 4.69) is 0 Å². The highest BCUT2D eigenvalue weighted by Crippen LogP contribution is 2.24. The summed E-state index contributed by atoms with van der Waals surface area (Å²) in [6, 6.07) is 4.77. The lowest BCUT2D eigenvalue weighted by molar-refractivity contribution is -0.140. The third-order valence-electron chi connectivity index (χ3n) is 2.94. The first kappa shape index (κ1) is 14.9. The molecule has 108 valence electrons. The molecule has 1 fully saturated rings. The molecular formula is C12H13NO5S2. The Morgan fingerprint density at radius 2 is 2.10 bits per heavy atom. The number of sulfone groups is 1. The number of carboxylic acid groups (broad SMARTS) is 1. The summed E-state index contributed by atoms with van der Waals surface area (Å²) in [6.07, 6.45) is 1.06. The van der Waals surface area contributed by atoms with Gasteiger partial charge in [-0.25, -0.2) is 13.2 Å². The summed E-state index contributed by atoms with van der Waals surface area (Å²) in [5.74, 6) is -0.887. The zero-order valence-corrected chi connectivity index (χ0v) is 12.3. The van der Waals surface area contributed by atoms with Crippen molar-refractivity contribution < 1.29 is 23.1 Å². The van der Waals surface area contributed by atoms with Gasteiger partial charge in [-0.3, -0.25) is 4.79 Å². The van der Waals surface area contributed by atoms with Gasteiger partial charge < -0.3 is 10.0 Å². The van der Waals surface area contributed by atoms with Crippen LogP contribution in [0.5, 0.6) is 0 Å². The van der Waals surface area contributed by atoms with E-state index < -0.39 is 27.8 Å². The number of nitrogens with zero attached hydrogens (tertiary/aromatic N) is 1. The average Bonchev–Trinajstić information content (AvgIpc) is 2.86. The second kappa shape index (κ2) is 5.45. The zero-order valence-electron chi connectivity index (χ0n) is 10.6. The van der Waals surface area contributed by atoms with E-state index in [1.807, 2.05) is 0 Å². The van der Waals surface area contributed by atoms with Crippen molar-refractivity contribution in [2.45, 2.75) is 10.9 Å².